The second-order valence-corrected chi connectivity index (χ2v) is 9.43. The van der Waals surface area contributed by atoms with Gasteiger partial charge in [0.25, 0.3) is 0 Å². The van der Waals surface area contributed by atoms with Crippen LogP contribution in [0.3, 0.4) is 0 Å². The van der Waals surface area contributed by atoms with Crippen LogP contribution in [0, 0.1) is 19.8 Å². The van der Waals surface area contributed by atoms with E-state index < -0.39 is 0 Å². The molecule has 3 heteroatoms. The van der Waals surface area contributed by atoms with Gasteiger partial charge in [0.15, 0.2) is 5.78 Å². The van der Waals surface area contributed by atoms with E-state index in [4.69, 9.17) is 9.47 Å². The number of hydrogen-bond donors (Lipinski definition) is 0. The Labute approximate surface area is 205 Å². The van der Waals surface area contributed by atoms with E-state index in [0.717, 1.165) is 41.0 Å². The standard InChI is InChI=1S/C31H38O3/c1-7-31(8-2,27-15-17-30(24(6)19-27)34-21-28(32)22(3)4)26-14-16-29(23(5)18-26)33-20-25-12-10-9-11-13-25/h9-19,22H,7-8,20-21H2,1-6H3. The van der Waals surface area contributed by atoms with Crippen LogP contribution in [0.5, 0.6) is 11.5 Å². The minimum Gasteiger partial charge on any atom is -0.489 e. The zero-order chi connectivity index (χ0) is 24.7. The van der Waals surface area contributed by atoms with Crippen LogP contribution in [0.4, 0.5) is 0 Å². The van der Waals surface area contributed by atoms with Crippen molar-refractivity contribution in [2.24, 2.45) is 5.92 Å². The molecule has 0 aliphatic rings. The molecule has 0 fully saturated rings. The maximum atomic E-state index is 12.0. The number of Topliss-reactive ketones (excluding diaryl/α,β-unsaturated/α-hetero) is 1. The highest BCUT2D eigenvalue weighted by molar-refractivity contribution is 5.81. The fraction of sp³-hybridized carbons (Fsp3) is 0.387. The Balaban J connectivity index is 1.84. The third-order valence-electron chi connectivity index (χ3n) is 6.91. The van der Waals surface area contributed by atoms with E-state index in [2.05, 4.69) is 70.2 Å². The SMILES string of the molecule is CCC(CC)(c1ccc(OCC(=O)C(C)C)c(C)c1)c1ccc(OCc2ccccc2)c(C)c1. The van der Waals surface area contributed by atoms with Gasteiger partial charge < -0.3 is 9.47 Å². The summed E-state index contributed by atoms with van der Waals surface area (Å²) in [6, 6.07) is 23.2. The first kappa shape index (κ1) is 25.6. The third-order valence-corrected chi connectivity index (χ3v) is 6.91. The molecule has 180 valence electrons. The molecule has 0 bridgehead atoms. The minimum atomic E-state index is -0.0975. The highest BCUT2D eigenvalue weighted by atomic mass is 16.5. The highest BCUT2D eigenvalue weighted by Gasteiger charge is 2.31. The van der Waals surface area contributed by atoms with Gasteiger partial charge in [-0.25, -0.2) is 0 Å². The Kier molecular flexibility index (Phi) is 8.55. The van der Waals surface area contributed by atoms with Crippen molar-refractivity contribution in [3.63, 3.8) is 0 Å². The lowest BCUT2D eigenvalue weighted by Crippen LogP contribution is -2.26. The summed E-state index contributed by atoms with van der Waals surface area (Å²) in [4.78, 5) is 12.0. The van der Waals surface area contributed by atoms with Gasteiger partial charge in [0.05, 0.1) is 0 Å². The lowest BCUT2D eigenvalue weighted by molar-refractivity contribution is -0.123. The molecule has 3 aromatic rings. The van der Waals surface area contributed by atoms with Gasteiger partial charge >= 0.3 is 0 Å². The number of carbonyl (C=O) groups excluding carboxylic acids is 1. The van der Waals surface area contributed by atoms with Crippen LogP contribution in [0.25, 0.3) is 0 Å². The molecule has 3 aromatic carbocycles. The molecule has 0 aliphatic carbocycles. The summed E-state index contributed by atoms with van der Waals surface area (Å²) in [5.41, 5.74) is 5.83. The molecular weight excluding hydrogens is 420 g/mol. The Hall–Kier alpha value is -3.07. The van der Waals surface area contributed by atoms with E-state index in [1.807, 2.05) is 38.1 Å². The molecule has 0 amide bonds. The Morgan fingerprint density at radius 2 is 1.32 bits per heavy atom. The molecule has 0 aliphatic heterocycles. The van der Waals surface area contributed by atoms with Crippen LogP contribution in [-0.4, -0.2) is 12.4 Å². The predicted octanol–water partition coefficient (Wildman–Crippen LogP) is 7.59. The molecule has 0 saturated heterocycles. The van der Waals surface area contributed by atoms with Crippen LogP contribution in [0.2, 0.25) is 0 Å². The molecule has 3 rings (SSSR count). The molecule has 34 heavy (non-hydrogen) atoms. The third kappa shape index (κ3) is 5.70. The van der Waals surface area contributed by atoms with Crippen LogP contribution in [0.1, 0.15) is 68.4 Å². The van der Waals surface area contributed by atoms with E-state index >= 15 is 0 Å². The number of benzene rings is 3. The fourth-order valence-corrected chi connectivity index (χ4v) is 4.50. The van der Waals surface area contributed by atoms with Crippen molar-refractivity contribution < 1.29 is 14.3 Å². The minimum absolute atomic E-state index is 0.0182. The van der Waals surface area contributed by atoms with E-state index in [1.54, 1.807) is 0 Å². The Bertz CT molecular complexity index is 1090. The average molecular weight is 459 g/mol. The number of ketones is 1. The van der Waals surface area contributed by atoms with Gasteiger partial charge in [0.2, 0.25) is 0 Å². The summed E-state index contributed by atoms with van der Waals surface area (Å²) in [6.07, 6.45) is 1.97. The average Bonchev–Trinajstić information content (AvgIpc) is 2.84. The zero-order valence-corrected chi connectivity index (χ0v) is 21.5. The smallest absolute Gasteiger partial charge is 0.172 e. The quantitative estimate of drug-likeness (QED) is 0.297. The molecule has 0 aromatic heterocycles. The van der Waals surface area contributed by atoms with Gasteiger partial charge in [-0.05, 0) is 66.6 Å². The number of aryl methyl sites for hydroxylation is 2. The van der Waals surface area contributed by atoms with Crippen LogP contribution >= 0.6 is 0 Å². The molecule has 0 atom stereocenters. The van der Waals surface area contributed by atoms with Gasteiger partial charge in [0.1, 0.15) is 24.7 Å². The monoisotopic (exact) mass is 458 g/mol. The lowest BCUT2D eigenvalue weighted by atomic mass is 9.70. The van der Waals surface area contributed by atoms with E-state index in [-0.39, 0.29) is 23.7 Å². The van der Waals surface area contributed by atoms with Crippen molar-refractivity contribution in [3.05, 3.63) is 94.5 Å². The van der Waals surface area contributed by atoms with Crippen molar-refractivity contribution in [1.82, 2.24) is 0 Å². The Morgan fingerprint density at radius 1 is 0.794 bits per heavy atom. The van der Waals surface area contributed by atoms with Crippen LogP contribution in [-0.2, 0) is 16.8 Å². The molecule has 0 radical (unpaired) electrons. The number of hydrogen-bond acceptors (Lipinski definition) is 3. The first-order chi connectivity index (χ1) is 16.3. The normalized spacial score (nSPS) is 11.5. The van der Waals surface area contributed by atoms with E-state index in [9.17, 15) is 4.79 Å². The molecule has 0 spiro atoms. The first-order valence-electron chi connectivity index (χ1n) is 12.3. The highest BCUT2D eigenvalue weighted by Crippen LogP contribution is 2.41. The van der Waals surface area contributed by atoms with Gasteiger partial charge in [-0.15, -0.1) is 0 Å². The summed E-state index contributed by atoms with van der Waals surface area (Å²) in [7, 11) is 0. The Morgan fingerprint density at radius 3 is 1.79 bits per heavy atom. The summed E-state index contributed by atoms with van der Waals surface area (Å²) in [5, 5.41) is 0. The summed E-state index contributed by atoms with van der Waals surface area (Å²) >= 11 is 0. The van der Waals surface area contributed by atoms with Crippen molar-refractivity contribution in [3.8, 4) is 11.5 Å². The first-order valence-corrected chi connectivity index (χ1v) is 12.3. The van der Waals surface area contributed by atoms with Gasteiger partial charge in [-0.2, -0.15) is 0 Å². The number of carbonyl (C=O) groups is 1. The lowest BCUT2D eigenvalue weighted by Gasteiger charge is -2.34. The summed E-state index contributed by atoms with van der Waals surface area (Å²) in [6.45, 7) is 13.2. The molecule has 3 nitrogen and oxygen atoms in total. The van der Waals surface area contributed by atoms with Gasteiger partial charge in [-0.3, -0.25) is 4.79 Å². The van der Waals surface area contributed by atoms with Crippen LogP contribution in [0.15, 0.2) is 66.7 Å². The van der Waals surface area contributed by atoms with Crippen LogP contribution < -0.4 is 9.47 Å². The second-order valence-electron chi connectivity index (χ2n) is 9.43. The van der Waals surface area contributed by atoms with Gasteiger partial charge in [-0.1, -0.05) is 82.3 Å². The summed E-state index contributed by atoms with van der Waals surface area (Å²) in [5.74, 6) is 1.79. The van der Waals surface area contributed by atoms with Gasteiger partial charge in [0, 0.05) is 11.3 Å². The fourth-order valence-electron chi connectivity index (χ4n) is 4.50. The molecule has 0 N–H and O–H groups in total. The maximum Gasteiger partial charge on any atom is 0.172 e. The van der Waals surface area contributed by atoms with Crippen molar-refractivity contribution in [1.29, 1.82) is 0 Å². The van der Waals surface area contributed by atoms with E-state index in [1.165, 1.54) is 11.1 Å². The maximum absolute atomic E-state index is 12.0. The summed E-state index contributed by atoms with van der Waals surface area (Å²) < 4.78 is 11.9. The topological polar surface area (TPSA) is 35.5 Å². The molecule has 0 saturated carbocycles. The largest absolute Gasteiger partial charge is 0.489 e. The zero-order valence-electron chi connectivity index (χ0n) is 21.5. The van der Waals surface area contributed by atoms with Crippen molar-refractivity contribution in [2.45, 2.75) is 66.4 Å². The predicted molar refractivity (Wildman–Crippen MR) is 140 cm³/mol. The number of rotatable bonds is 11. The van der Waals surface area contributed by atoms with Crippen molar-refractivity contribution >= 4 is 5.78 Å². The molecular formula is C31H38O3. The molecule has 0 unspecified atom stereocenters. The number of ether oxygens (including phenoxy) is 2. The molecule has 0 heterocycles. The van der Waals surface area contributed by atoms with E-state index in [0.29, 0.717) is 6.61 Å². The second kappa shape index (κ2) is 11.4. The van der Waals surface area contributed by atoms with Crippen molar-refractivity contribution in [2.75, 3.05) is 6.61 Å².